The smallest absolute Gasteiger partial charge is 0.127 e. The Hall–Kier alpha value is -1.06. The second-order valence-corrected chi connectivity index (χ2v) is 5.41. The van der Waals surface area contributed by atoms with E-state index in [1.807, 2.05) is 6.92 Å². The summed E-state index contributed by atoms with van der Waals surface area (Å²) in [6, 6.07) is 6.39. The third-order valence-electron chi connectivity index (χ3n) is 3.09. The molecular weight excluding hydrogens is 214 g/mol. The van der Waals surface area contributed by atoms with E-state index in [-0.39, 0.29) is 18.2 Å². The first-order valence-corrected chi connectivity index (χ1v) is 6.16. The number of nitrogens with one attached hydrogen (secondary N) is 1. The molecule has 94 valence electrons. The van der Waals surface area contributed by atoms with Crippen molar-refractivity contribution in [3.63, 3.8) is 0 Å². The number of hydrogen-bond acceptors (Lipinski definition) is 3. The summed E-state index contributed by atoms with van der Waals surface area (Å²) < 4.78 is 5.99. The van der Waals surface area contributed by atoms with E-state index in [9.17, 15) is 0 Å². The largest absolute Gasteiger partial charge is 0.487 e. The zero-order valence-corrected chi connectivity index (χ0v) is 10.8. The Morgan fingerprint density at radius 1 is 1.47 bits per heavy atom. The summed E-state index contributed by atoms with van der Waals surface area (Å²) in [6.07, 6.45) is 0.964. The van der Waals surface area contributed by atoms with Gasteiger partial charge in [-0.2, -0.15) is 0 Å². The van der Waals surface area contributed by atoms with Crippen molar-refractivity contribution < 1.29 is 9.84 Å². The summed E-state index contributed by atoms with van der Waals surface area (Å²) in [4.78, 5) is 0. The summed E-state index contributed by atoms with van der Waals surface area (Å²) in [7, 11) is 0. The van der Waals surface area contributed by atoms with Crippen molar-refractivity contribution in [1.82, 2.24) is 5.32 Å². The second-order valence-electron chi connectivity index (χ2n) is 5.41. The van der Waals surface area contributed by atoms with Crippen LogP contribution in [0.2, 0.25) is 0 Å². The molecule has 3 heteroatoms. The Labute approximate surface area is 103 Å². The number of ether oxygens (including phenoxy) is 1. The van der Waals surface area contributed by atoms with E-state index in [0.717, 1.165) is 18.7 Å². The zero-order valence-electron chi connectivity index (χ0n) is 10.8. The van der Waals surface area contributed by atoms with Crippen LogP contribution in [0.5, 0.6) is 5.75 Å². The molecule has 17 heavy (non-hydrogen) atoms. The molecule has 0 radical (unpaired) electrons. The molecule has 0 saturated heterocycles. The molecule has 0 aliphatic carbocycles. The van der Waals surface area contributed by atoms with Crippen LogP contribution in [0.1, 0.15) is 31.9 Å². The third-order valence-corrected chi connectivity index (χ3v) is 3.09. The minimum Gasteiger partial charge on any atom is -0.487 e. The van der Waals surface area contributed by atoms with Gasteiger partial charge >= 0.3 is 0 Å². The first-order chi connectivity index (χ1) is 8.02. The molecule has 1 aromatic carbocycles. The Balaban J connectivity index is 2.13. The van der Waals surface area contributed by atoms with Crippen molar-refractivity contribution in [1.29, 1.82) is 0 Å². The summed E-state index contributed by atoms with van der Waals surface area (Å²) >= 11 is 0. The lowest BCUT2D eigenvalue weighted by molar-refractivity contribution is 0.137. The predicted octanol–water partition coefficient (Wildman–Crippen LogP) is 1.87. The molecule has 0 spiro atoms. The number of fused-ring (bicyclic) bond motifs is 1. The van der Waals surface area contributed by atoms with E-state index in [1.165, 1.54) is 11.1 Å². The lowest BCUT2D eigenvalue weighted by atomic mass is 10.0. The highest BCUT2D eigenvalue weighted by atomic mass is 16.5. The second kappa shape index (κ2) is 4.67. The lowest BCUT2D eigenvalue weighted by Crippen LogP contribution is -2.29. The van der Waals surface area contributed by atoms with Gasteiger partial charge in [0.2, 0.25) is 0 Å². The maximum atomic E-state index is 9.00. The first kappa shape index (κ1) is 12.4. The molecule has 2 rings (SSSR count). The van der Waals surface area contributed by atoms with E-state index < -0.39 is 0 Å². The van der Waals surface area contributed by atoms with Gasteiger partial charge in [-0.05, 0) is 26.3 Å². The monoisotopic (exact) mass is 235 g/mol. The van der Waals surface area contributed by atoms with Crippen LogP contribution in [0.15, 0.2) is 18.2 Å². The minimum atomic E-state index is -0.0962. The average Bonchev–Trinajstić information content (AvgIpc) is 2.60. The normalized spacial score (nSPS) is 18.6. The summed E-state index contributed by atoms with van der Waals surface area (Å²) in [5, 5.41) is 12.3. The van der Waals surface area contributed by atoms with Crippen LogP contribution in [-0.2, 0) is 13.0 Å². The number of para-hydroxylation sites is 1. The van der Waals surface area contributed by atoms with Gasteiger partial charge in [-0.15, -0.1) is 0 Å². The quantitative estimate of drug-likeness (QED) is 0.837. The number of rotatable bonds is 4. The molecule has 3 nitrogen and oxygen atoms in total. The molecule has 1 aliphatic heterocycles. The summed E-state index contributed by atoms with van der Waals surface area (Å²) in [5.74, 6) is 1.02. The van der Waals surface area contributed by atoms with E-state index in [0.29, 0.717) is 0 Å². The van der Waals surface area contributed by atoms with Crippen molar-refractivity contribution in [2.75, 3.05) is 6.61 Å². The van der Waals surface area contributed by atoms with Crippen molar-refractivity contribution in [2.45, 2.75) is 45.4 Å². The zero-order chi connectivity index (χ0) is 12.5. The predicted molar refractivity (Wildman–Crippen MR) is 68.2 cm³/mol. The number of aliphatic hydroxyl groups excluding tert-OH is 1. The number of aliphatic hydroxyl groups is 1. The average molecular weight is 235 g/mol. The Kier molecular flexibility index (Phi) is 3.40. The molecule has 1 atom stereocenters. The van der Waals surface area contributed by atoms with Gasteiger partial charge in [0.05, 0.1) is 6.61 Å². The Morgan fingerprint density at radius 3 is 2.94 bits per heavy atom. The highest BCUT2D eigenvalue weighted by Gasteiger charge is 2.31. The van der Waals surface area contributed by atoms with Crippen LogP contribution < -0.4 is 10.1 Å². The Bertz CT molecular complexity index is 401. The van der Waals surface area contributed by atoms with Crippen molar-refractivity contribution in [3.8, 4) is 5.75 Å². The molecule has 0 fully saturated rings. The molecule has 0 aromatic heterocycles. The van der Waals surface area contributed by atoms with Crippen molar-refractivity contribution in [2.24, 2.45) is 0 Å². The highest BCUT2D eigenvalue weighted by Crippen LogP contribution is 2.37. The van der Waals surface area contributed by atoms with E-state index in [2.05, 4.69) is 37.4 Å². The molecule has 1 aliphatic rings. The highest BCUT2D eigenvalue weighted by molar-refractivity contribution is 5.45. The van der Waals surface area contributed by atoms with E-state index >= 15 is 0 Å². The number of benzene rings is 1. The molecular formula is C14H21NO2. The SMILES string of the molecule is C[C@H](CO)NCc1cccc2c1OC(C)(C)C2. The Morgan fingerprint density at radius 2 is 2.24 bits per heavy atom. The van der Waals surface area contributed by atoms with Crippen LogP contribution in [0.4, 0.5) is 0 Å². The van der Waals surface area contributed by atoms with Gasteiger partial charge in [0.25, 0.3) is 0 Å². The van der Waals surface area contributed by atoms with Gasteiger partial charge in [-0.3, -0.25) is 0 Å². The van der Waals surface area contributed by atoms with Crippen LogP contribution in [0.3, 0.4) is 0 Å². The topological polar surface area (TPSA) is 41.5 Å². The molecule has 0 unspecified atom stereocenters. The fourth-order valence-corrected chi connectivity index (χ4v) is 2.17. The first-order valence-electron chi connectivity index (χ1n) is 6.16. The summed E-state index contributed by atoms with van der Waals surface area (Å²) in [6.45, 7) is 7.08. The molecule has 0 saturated carbocycles. The van der Waals surface area contributed by atoms with Crippen LogP contribution >= 0.6 is 0 Å². The minimum absolute atomic E-state index is 0.0962. The lowest BCUT2D eigenvalue weighted by Gasteiger charge is -2.19. The van der Waals surface area contributed by atoms with Crippen LogP contribution in [-0.4, -0.2) is 23.4 Å². The standard InChI is InChI=1S/C14H21NO2/c1-10(9-16)15-8-12-6-4-5-11-7-14(2,3)17-13(11)12/h4-6,10,15-16H,7-9H2,1-3H3/t10-/m1/s1. The van der Waals surface area contributed by atoms with E-state index in [4.69, 9.17) is 9.84 Å². The van der Waals surface area contributed by atoms with Gasteiger partial charge in [-0.1, -0.05) is 18.2 Å². The van der Waals surface area contributed by atoms with Crippen LogP contribution in [0, 0.1) is 0 Å². The van der Waals surface area contributed by atoms with Crippen LogP contribution in [0.25, 0.3) is 0 Å². The van der Waals surface area contributed by atoms with Gasteiger partial charge in [-0.25, -0.2) is 0 Å². The maximum Gasteiger partial charge on any atom is 0.127 e. The molecule has 1 aromatic rings. The summed E-state index contributed by atoms with van der Waals surface area (Å²) in [5.41, 5.74) is 2.36. The van der Waals surface area contributed by atoms with Gasteiger partial charge < -0.3 is 15.2 Å². The maximum absolute atomic E-state index is 9.00. The van der Waals surface area contributed by atoms with E-state index in [1.54, 1.807) is 0 Å². The molecule has 0 amide bonds. The fourth-order valence-electron chi connectivity index (χ4n) is 2.17. The number of hydrogen-bond donors (Lipinski definition) is 2. The van der Waals surface area contributed by atoms with Gasteiger partial charge in [0.15, 0.2) is 0 Å². The van der Waals surface area contributed by atoms with Crippen molar-refractivity contribution >= 4 is 0 Å². The molecule has 1 heterocycles. The molecule has 2 N–H and O–H groups in total. The van der Waals surface area contributed by atoms with Crippen molar-refractivity contribution in [3.05, 3.63) is 29.3 Å². The third kappa shape index (κ3) is 2.79. The van der Waals surface area contributed by atoms with Gasteiger partial charge in [0.1, 0.15) is 11.4 Å². The fraction of sp³-hybridized carbons (Fsp3) is 0.571. The molecule has 0 bridgehead atoms. The van der Waals surface area contributed by atoms with Gasteiger partial charge in [0, 0.05) is 24.6 Å².